The number of hydrogen-bond acceptors (Lipinski definition) is 3. The Hall–Kier alpha value is -2.05. The minimum absolute atomic E-state index is 0. The summed E-state index contributed by atoms with van der Waals surface area (Å²) in [5, 5.41) is 11.9. The molecular weight excluding hydrogens is 330 g/mol. The molecule has 23 heavy (non-hydrogen) atoms. The van der Waals surface area contributed by atoms with Crippen LogP contribution in [0.2, 0.25) is 0 Å². The summed E-state index contributed by atoms with van der Waals surface area (Å²) < 4.78 is 0. The van der Waals surface area contributed by atoms with E-state index in [1.54, 1.807) is 11.3 Å². The summed E-state index contributed by atoms with van der Waals surface area (Å²) in [6, 6.07) is 14.3. The molecule has 2 unspecified atom stereocenters. The van der Waals surface area contributed by atoms with E-state index < -0.39 is 0 Å². The van der Waals surface area contributed by atoms with Gasteiger partial charge in [0.1, 0.15) is 0 Å². The predicted molar refractivity (Wildman–Crippen MR) is 101 cm³/mol. The number of nitrogens with zero attached hydrogens (tertiary/aromatic N) is 1. The molecule has 124 valence electrons. The van der Waals surface area contributed by atoms with Gasteiger partial charge in [0.2, 0.25) is 0 Å². The molecule has 0 radical (unpaired) electrons. The molecule has 5 nitrogen and oxygen atoms in total. The molecule has 0 saturated heterocycles. The zero-order valence-corrected chi connectivity index (χ0v) is 14.5. The molecule has 0 amide bonds. The summed E-state index contributed by atoms with van der Waals surface area (Å²) in [5.41, 5.74) is 12.4. The average Bonchev–Trinajstić information content (AvgIpc) is 3.00. The second kappa shape index (κ2) is 9.17. The highest BCUT2D eigenvalue weighted by atomic mass is 35.5. The van der Waals surface area contributed by atoms with E-state index in [2.05, 4.69) is 40.8 Å². The van der Waals surface area contributed by atoms with Gasteiger partial charge in [-0.05, 0) is 23.4 Å². The van der Waals surface area contributed by atoms with E-state index in [9.17, 15) is 0 Å². The van der Waals surface area contributed by atoms with Gasteiger partial charge in [-0.15, -0.1) is 23.7 Å². The third kappa shape index (κ3) is 5.92. The van der Waals surface area contributed by atoms with Crippen molar-refractivity contribution < 1.29 is 0 Å². The van der Waals surface area contributed by atoms with E-state index >= 15 is 0 Å². The maximum atomic E-state index is 7.24. The zero-order chi connectivity index (χ0) is 15.9. The molecule has 0 saturated carbocycles. The molecule has 1 aromatic heterocycles. The van der Waals surface area contributed by atoms with E-state index in [-0.39, 0.29) is 36.3 Å². The molecule has 0 fully saturated rings. The van der Waals surface area contributed by atoms with Crippen molar-refractivity contribution in [1.29, 1.82) is 5.41 Å². The second-order valence-electron chi connectivity index (χ2n) is 5.11. The van der Waals surface area contributed by atoms with E-state index in [1.807, 2.05) is 24.3 Å². The van der Waals surface area contributed by atoms with Crippen LogP contribution in [0, 0.1) is 5.41 Å². The Labute approximate surface area is 146 Å². The standard InChI is InChI=1S/C16H21N5S.ClH/c1-11(14-8-5-9-22-14)13(20-16(19)21-15(17)18)10-12-6-3-2-4-7-12;/h2-9,11,13H,10H2,1H3,(H6,17,18,19,20,21);1H. The van der Waals surface area contributed by atoms with Crippen LogP contribution in [0.5, 0.6) is 0 Å². The van der Waals surface area contributed by atoms with Gasteiger partial charge in [-0.2, -0.15) is 0 Å². The molecule has 1 heterocycles. The number of guanidine groups is 2. The van der Waals surface area contributed by atoms with Crippen LogP contribution in [0.15, 0.2) is 52.8 Å². The first-order valence-electron chi connectivity index (χ1n) is 7.08. The van der Waals surface area contributed by atoms with E-state index in [4.69, 9.17) is 16.9 Å². The average molecular weight is 352 g/mol. The van der Waals surface area contributed by atoms with Crippen LogP contribution in [-0.4, -0.2) is 18.0 Å². The monoisotopic (exact) mass is 351 g/mol. The third-order valence-corrected chi connectivity index (χ3v) is 4.50. The molecule has 1 aromatic carbocycles. The summed E-state index contributed by atoms with van der Waals surface area (Å²) in [4.78, 5) is 5.80. The van der Waals surface area contributed by atoms with Crippen LogP contribution in [0.4, 0.5) is 0 Å². The second-order valence-corrected chi connectivity index (χ2v) is 6.09. The SMILES string of the molecule is CC(c1cccs1)C(Cc1ccccc1)N=C(N)NC(=N)N.Cl. The van der Waals surface area contributed by atoms with Crippen LogP contribution in [0.1, 0.15) is 23.3 Å². The Kier molecular flexibility index (Phi) is 7.57. The largest absolute Gasteiger partial charge is 0.370 e. The van der Waals surface area contributed by atoms with Crippen molar-refractivity contribution in [3.63, 3.8) is 0 Å². The van der Waals surface area contributed by atoms with Crippen molar-refractivity contribution in [2.75, 3.05) is 0 Å². The minimum atomic E-state index is -0.205. The first kappa shape index (κ1) is 19.0. The predicted octanol–water partition coefficient (Wildman–Crippen LogP) is 2.68. The molecule has 7 heteroatoms. The Morgan fingerprint density at radius 2 is 1.91 bits per heavy atom. The van der Waals surface area contributed by atoms with Crippen molar-refractivity contribution in [1.82, 2.24) is 5.32 Å². The molecule has 0 aliphatic rings. The summed E-state index contributed by atoms with van der Waals surface area (Å²) >= 11 is 1.71. The molecule has 0 spiro atoms. The lowest BCUT2D eigenvalue weighted by Gasteiger charge is -2.20. The fourth-order valence-electron chi connectivity index (χ4n) is 2.28. The molecule has 0 aliphatic carbocycles. The van der Waals surface area contributed by atoms with Gasteiger partial charge in [0.25, 0.3) is 0 Å². The van der Waals surface area contributed by atoms with Crippen molar-refractivity contribution in [2.24, 2.45) is 16.5 Å². The number of aliphatic imine (C=N–C) groups is 1. The van der Waals surface area contributed by atoms with Gasteiger partial charge >= 0.3 is 0 Å². The van der Waals surface area contributed by atoms with E-state index in [1.165, 1.54) is 10.4 Å². The van der Waals surface area contributed by atoms with Gasteiger partial charge in [0, 0.05) is 10.8 Å². The van der Waals surface area contributed by atoms with Crippen LogP contribution in [0.25, 0.3) is 0 Å². The van der Waals surface area contributed by atoms with Crippen molar-refractivity contribution in [3.05, 3.63) is 58.3 Å². The highest BCUT2D eigenvalue weighted by Crippen LogP contribution is 2.27. The highest BCUT2D eigenvalue weighted by molar-refractivity contribution is 7.10. The number of thiophene rings is 1. The first-order chi connectivity index (χ1) is 10.6. The first-order valence-corrected chi connectivity index (χ1v) is 7.96. The van der Waals surface area contributed by atoms with Gasteiger partial charge < -0.3 is 11.5 Å². The third-order valence-electron chi connectivity index (χ3n) is 3.42. The summed E-state index contributed by atoms with van der Waals surface area (Å²) in [6.45, 7) is 2.14. The van der Waals surface area contributed by atoms with Crippen LogP contribution < -0.4 is 16.8 Å². The van der Waals surface area contributed by atoms with Crippen LogP contribution in [0.3, 0.4) is 0 Å². The highest BCUT2D eigenvalue weighted by Gasteiger charge is 2.20. The van der Waals surface area contributed by atoms with Crippen molar-refractivity contribution in [3.8, 4) is 0 Å². The molecular formula is C16H22ClN5S. The van der Waals surface area contributed by atoms with Gasteiger partial charge in [-0.1, -0.05) is 43.3 Å². The Balaban J connectivity index is 0.00000264. The van der Waals surface area contributed by atoms with E-state index in [0.717, 1.165) is 6.42 Å². The number of halogens is 1. The lowest BCUT2D eigenvalue weighted by atomic mass is 9.94. The number of hydrogen-bond donors (Lipinski definition) is 4. The minimum Gasteiger partial charge on any atom is -0.370 e. The summed E-state index contributed by atoms with van der Waals surface area (Å²) in [5.74, 6) is 0.202. The van der Waals surface area contributed by atoms with Crippen molar-refractivity contribution in [2.45, 2.75) is 25.3 Å². The van der Waals surface area contributed by atoms with Gasteiger partial charge in [-0.3, -0.25) is 10.7 Å². The van der Waals surface area contributed by atoms with Crippen molar-refractivity contribution >= 4 is 35.7 Å². The molecule has 2 rings (SSSR count). The van der Waals surface area contributed by atoms with Gasteiger partial charge in [0.15, 0.2) is 11.9 Å². The topological polar surface area (TPSA) is 100 Å². The van der Waals surface area contributed by atoms with Gasteiger partial charge in [0.05, 0.1) is 6.04 Å². The summed E-state index contributed by atoms with van der Waals surface area (Å²) in [7, 11) is 0. The quantitative estimate of drug-likeness (QED) is 0.492. The van der Waals surface area contributed by atoms with Gasteiger partial charge in [-0.25, -0.2) is 4.99 Å². The fraction of sp³-hybridized carbons (Fsp3) is 0.250. The molecule has 2 atom stereocenters. The van der Waals surface area contributed by atoms with E-state index in [0.29, 0.717) is 0 Å². The maximum Gasteiger partial charge on any atom is 0.195 e. The molecule has 0 bridgehead atoms. The zero-order valence-electron chi connectivity index (χ0n) is 12.9. The number of nitrogens with one attached hydrogen (secondary N) is 2. The Bertz CT molecular complexity index is 627. The lowest BCUT2D eigenvalue weighted by Crippen LogP contribution is -2.42. The number of benzene rings is 1. The smallest absolute Gasteiger partial charge is 0.195 e. The molecule has 6 N–H and O–H groups in total. The molecule has 0 aliphatic heterocycles. The van der Waals surface area contributed by atoms with Crippen LogP contribution in [-0.2, 0) is 6.42 Å². The normalized spacial score (nSPS) is 13.7. The number of nitrogens with two attached hydrogens (primary N) is 2. The number of rotatable bonds is 5. The lowest BCUT2D eigenvalue weighted by molar-refractivity contribution is 0.571. The summed E-state index contributed by atoms with van der Waals surface area (Å²) in [6.07, 6.45) is 0.778. The van der Waals surface area contributed by atoms with Crippen LogP contribution >= 0.6 is 23.7 Å². The fourth-order valence-corrected chi connectivity index (χ4v) is 3.12. The Morgan fingerprint density at radius 3 is 2.48 bits per heavy atom. The maximum absolute atomic E-state index is 7.24. The molecule has 2 aromatic rings. The Morgan fingerprint density at radius 1 is 1.22 bits per heavy atom.